The monoisotopic (exact) mass is 521 g/mol. The number of benzene rings is 2. The maximum absolute atomic E-state index is 12.8. The van der Waals surface area contributed by atoms with Crippen LogP contribution in [0.1, 0.15) is 44.2 Å². The third kappa shape index (κ3) is 5.72. The average molecular weight is 522 g/mol. The molecule has 1 aliphatic rings. The number of carbonyl (C=O) groups excluding carboxylic acids is 1. The van der Waals surface area contributed by atoms with E-state index in [0.717, 1.165) is 5.56 Å². The molecular weight excluding hydrogens is 498 g/mol. The lowest BCUT2D eigenvalue weighted by atomic mass is 9.96. The van der Waals surface area contributed by atoms with Crippen molar-refractivity contribution < 1.29 is 27.3 Å². The van der Waals surface area contributed by atoms with Crippen molar-refractivity contribution in [3.8, 4) is 5.75 Å². The number of amidine groups is 1. The molecule has 0 radical (unpaired) electrons. The van der Waals surface area contributed by atoms with E-state index in [1.54, 1.807) is 39.0 Å². The predicted octanol–water partition coefficient (Wildman–Crippen LogP) is 3.57. The molecule has 2 heterocycles. The van der Waals surface area contributed by atoms with E-state index >= 15 is 0 Å². The summed E-state index contributed by atoms with van der Waals surface area (Å²) < 4.78 is 43.6. The highest BCUT2D eigenvalue weighted by molar-refractivity contribution is 7.89. The van der Waals surface area contributed by atoms with Crippen LogP contribution in [0.15, 0.2) is 39.9 Å². The second-order valence-electron chi connectivity index (χ2n) is 8.99. The number of nitrogens with one attached hydrogen (secondary N) is 3. The lowest BCUT2D eigenvalue weighted by Gasteiger charge is -2.20. The first-order chi connectivity index (χ1) is 16.4. The molecule has 0 bridgehead atoms. The molecule has 4 rings (SSSR count). The molecule has 1 aliphatic heterocycles. The molecule has 3 N–H and O–H groups in total. The molecule has 1 unspecified atom stereocenters. The van der Waals surface area contributed by atoms with E-state index in [0.29, 0.717) is 24.3 Å². The van der Waals surface area contributed by atoms with Gasteiger partial charge in [-0.1, -0.05) is 11.6 Å². The van der Waals surface area contributed by atoms with Crippen molar-refractivity contribution in [2.24, 2.45) is 0 Å². The number of fused-ring (bicyclic) bond motifs is 2. The largest absolute Gasteiger partial charge is 0.493 e. The Balaban J connectivity index is 1.40. The summed E-state index contributed by atoms with van der Waals surface area (Å²) in [7, 11) is -3.85. The Morgan fingerprint density at radius 1 is 1.26 bits per heavy atom. The van der Waals surface area contributed by atoms with Crippen LogP contribution >= 0.6 is 11.6 Å². The van der Waals surface area contributed by atoms with E-state index in [1.165, 1.54) is 12.1 Å². The minimum atomic E-state index is -3.85. The van der Waals surface area contributed by atoms with Gasteiger partial charge in [-0.15, -0.1) is 0 Å². The van der Waals surface area contributed by atoms with Crippen molar-refractivity contribution in [1.29, 1.82) is 5.41 Å². The first kappa shape index (κ1) is 24.9. The zero-order chi connectivity index (χ0) is 25.4. The van der Waals surface area contributed by atoms with Crippen LogP contribution in [0.2, 0.25) is 5.02 Å². The molecule has 0 saturated heterocycles. The number of amides is 1. The fraction of sp³-hybridized carbons (Fsp3) is 0.364. The maximum Gasteiger partial charge on any atom is 0.413 e. The summed E-state index contributed by atoms with van der Waals surface area (Å²) in [5, 5.41) is 18.0. The zero-order valence-corrected chi connectivity index (χ0v) is 20.8. The van der Waals surface area contributed by atoms with Crippen LogP contribution in [0.5, 0.6) is 5.75 Å². The van der Waals surface area contributed by atoms with Gasteiger partial charge in [0.15, 0.2) is 5.52 Å². The number of sulfonamides is 1. The van der Waals surface area contributed by atoms with E-state index in [2.05, 4.69) is 25.0 Å². The third-order valence-corrected chi connectivity index (χ3v) is 6.92. The second kappa shape index (κ2) is 9.44. The molecule has 13 heteroatoms. The molecule has 35 heavy (non-hydrogen) atoms. The van der Waals surface area contributed by atoms with Crippen molar-refractivity contribution in [3.05, 3.63) is 46.5 Å². The topological polar surface area (TPSA) is 156 Å². The second-order valence-corrected chi connectivity index (χ2v) is 11.2. The molecule has 11 nitrogen and oxygen atoms in total. The van der Waals surface area contributed by atoms with Crippen molar-refractivity contribution in [3.63, 3.8) is 0 Å². The molecule has 1 aromatic heterocycles. The van der Waals surface area contributed by atoms with Crippen LogP contribution in [0.25, 0.3) is 11.0 Å². The van der Waals surface area contributed by atoms with Crippen LogP contribution in [0, 0.1) is 5.41 Å². The Kier molecular flexibility index (Phi) is 6.71. The van der Waals surface area contributed by atoms with Crippen LogP contribution in [-0.4, -0.2) is 49.4 Å². The smallest absolute Gasteiger partial charge is 0.413 e. The Hall–Kier alpha value is -3.22. The Bertz CT molecular complexity index is 1400. The van der Waals surface area contributed by atoms with Crippen molar-refractivity contribution in [1.82, 2.24) is 20.4 Å². The highest BCUT2D eigenvalue weighted by Crippen LogP contribution is 2.36. The van der Waals surface area contributed by atoms with E-state index < -0.39 is 21.7 Å². The number of rotatable bonds is 6. The predicted molar refractivity (Wildman–Crippen MR) is 127 cm³/mol. The van der Waals surface area contributed by atoms with Gasteiger partial charge in [0, 0.05) is 23.6 Å². The van der Waals surface area contributed by atoms with Gasteiger partial charge in [0.05, 0.1) is 16.5 Å². The summed E-state index contributed by atoms with van der Waals surface area (Å²) in [5.74, 6) is 0.443. The van der Waals surface area contributed by atoms with E-state index in [4.69, 9.17) is 26.5 Å². The molecule has 3 aromatic rings. The van der Waals surface area contributed by atoms with Crippen LogP contribution in [0.4, 0.5) is 4.79 Å². The summed E-state index contributed by atoms with van der Waals surface area (Å²) in [4.78, 5) is 11.9. The van der Waals surface area contributed by atoms with Gasteiger partial charge < -0.3 is 9.47 Å². The summed E-state index contributed by atoms with van der Waals surface area (Å²) >= 11 is 6.08. The highest BCUT2D eigenvalue weighted by Gasteiger charge is 2.26. The number of carbonyl (C=O) groups is 1. The van der Waals surface area contributed by atoms with Gasteiger partial charge in [-0.3, -0.25) is 10.7 Å². The van der Waals surface area contributed by atoms with E-state index in [-0.39, 0.29) is 39.2 Å². The quantitative estimate of drug-likeness (QED) is 0.328. The number of nitrogens with zero attached hydrogens (tertiary/aromatic N) is 2. The maximum atomic E-state index is 12.8. The molecule has 1 atom stereocenters. The van der Waals surface area contributed by atoms with Crippen LogP contribution in [-0.2, 0) is 14.8 Å². The van der Waals surface area contributed by atoms with Gasteiger partial charge in [-0.25, -0.2) is 22.6 Å². The Morgan fingerprint density at radius 3 is 2.77 bits per heavy atom. The van der Waals surface area contributed by atoms with Gasteiger partial charge in [0.1, 0.15) is 22.7 Å². The number of ether oxygens (including phenoxy) is 2. The lowest BCUT2D eigenvalue weighted by molar-refractivity contribution is 0.0563. The minimum Gasteiger partial charge on any atom is -0.493 e. The fourth-order valence-electron chi connectivity index (χ4n) is 3.58. The highest BCUT2D eigenvalue weighted by atomic mass is 35.5. The minimum absolute atomic E-state index is 0.0438. The summed E-state index contributed by atoms with van der Waals surface area (Å²) in [6.07, 6.45) is -0.269. The van der Waals surface area contributed by atoms with Gasteiger partial charge in [0.25, 0.3) is 0 Å². The van der Waals surface area contributed by atoms with E-state index in [1.807, 2.05) is 0 Å². The lowest BCUT2D eigenvalue weighted by Crippen LogP contribution is -2.36. The Morgan fingerprint density at radius 2 is 2.03 bits per heavy atom. The van der Waals surface area contributed by atoms with Crippen LogP contribution < -0.4 is 14.8 Å². The summed E-state index contributed by atoms with van der Waals surface area (Å²) in [5.41, 5.74) is 1.15. The first-order valence-electron chi connectivity index (χ1n) is 10.7. The molecule has 1 amide bonds. The van der Waals surface area contributed by atoms with Crippen molar-refractivity contribution >= 4 is 44.6 Å². The number of aromatic nitrogens is 2. The normalized spacial score (nSPS) is 15.5. The molecule has 2 aromatic carbocycles. The number of hydrogen-bond donors (Lipinski definition) is 3. The Labute approximate surface area is 206 Å². The third-order valence-electron chi connectivity index (χ3n) is 5.19. The van der Waals surface area contributed by atoms with E-state index in [9.17, 15) is 13.2 Å². The number of halogens is 1. The standard InChI is InChI=1S/C22H24ClN5O6S/c1-22(2,3)33-21(29)26-20(24)12-4-5-18-15(8-12)13(11-32-18)6-7-25-35(30,31)14-9-16(23)19-17(10-14)27-34-28-19/h4-5,8-10,13,25H,6-7,11H2,1-3H3,(H2,24,26,29). The molecular formula is C22H24ClN5O6S. The molecule has 0 spiro atoms. The summed E-state index contributed by atoms with van der Waals surface area (Å²) in [6.45, 7) is 5.72. The van der Waals surface area contributed by atoms with Crippen molar-refractivity contribution in [2.45, 2.75) is 43.6 Å². The fourth-order valence-corrected chi connectivity index (χ4v) is 4.99. The summed E-state index contributed by atoms with van der Waals surface area (Å²) in [6, 6.07) is 7.78. The molecule has 0 fully saturated rings. The average Bonchev–Trinajstić information content (AvgIpc) is 3.39. The number of alkyl carbamates (subject to hydrolysis) is 1. The van der Waals surface area contributed by atoms with Gasteiger partial charge in [-0.05, 0) is 67.8 Å². The molecule has 186 valence electrons. The van der Waals surface area contributed by atoms with Crippen molar-refractivity contribution in [2.75, 3.05) is 13.2 Å². The first-order valence-corrected chi connectivity index (χ1v) is 12.6. The number of hydrogen-bond acceptors (Lipinski definition) is 9. The SMILES string of the molecule is CC(C)(C)OC(=O)NC(=N)c1ccc2c(c1)C(CCNS(=O)(=O)c1cc(Cl)c3nonc3c1)CO2. The van der Waals surface area contributed by atoms with Gasteiger partial charge in [0.2, 0.25) is 10.0 Å². The molecule has 0 aliphatic carbocycles. The van der Waals surface area contributed by atoms with Gasteiger partial charge >= 0.3 is 6.09 Å². The van der Waals surface area contributed by atoms with Gasteiger partial charge in [-0.2, -0.15) is 0 Å². The van der Waals surface area contributed by atoms with Crippen LogP contribution in [0.3, 0.4) is 0 Å². The molecule has 0 saturated carbocycles. The zero-order valence-electron chi connectivity index (χ0n) is 19.2.